The van der Waals surface area contributed by atoms with Crippen molar-refractivity contribution in [3.8, 4) is 0 Å². The van der Waals surface area contributed by atoms with Gasteiger partial charge in [0.15, 0.2) is 0 Å². The summed E-state index contributed by atoms with van der Waals surface area (Å²) in [5.74, 6) is 0.924. The summed E-state index contributed by atoms with van der Waals surface area (Å²) in [5.41, 5.74) is 7.36. The number of hydrogen-bond acceptors (Lipinski definition) is 2. The molecule has 1 heterocycles. The maximum Gasteiger partial charge on any atom is 0.0548 e. The molecule has 0 aliphatic heterocycles. The third-order valence-corrected chi connectivity index (χ3v) is 3.85. The first-order valence-electron chi connectivity index (χ1n) is 6.51. The van der Waals surface area contributed by atoms with Crippen LogP contribution in [-0.4, -0.2) is 9.78 Å². The zero-order valence-corrected chi connectivity index (χ0v) is 10.2. The van der Waals surface area contributed by atoms with Gasteiger partial charge in [-0.05, 0) is 24.8 Å². The van der Waals surface area contributed by atoms with Crippen LogP contribution in [0.4, 0.5) is 0 Å². The molecule has 0 spiro atoms. The van der Waals surface area contributed by atoms with Crippen molar-refractivity contribution in [1.82, 2.24) is 9.78 Å². The second-order valence-electron chi connectivity index (χ2n) is 5.07. The van der Waals surface area contributed by atoms with Crippen LogP contribution in [-0.2, 0) is 7.05 Å². The van der Waals surface area contributed by atoms with Gasteiger partial charge in [-0.2, -0.15) is 5.10 Å². The van der Waals surface area contributed by atoms with Gasteiger partial charge in [-0.15, -0.1) is 0 Å². The van der Waals surface area contributed by atoms with Crippen molar-refractivity contribution in [1.29, 1.82) is 0 Å². The summed E-state index contributed by atoms with van der Waals surface area (Å²) in [7, 11) is 1.97. The molecule has 2 rings (SSSR count). The second kappa shape index (κ2) is 5.48. The minimum Gasteiger partial charge on any atom is -0.323 e. The molecule has 1 aliphatic carbocycles. The highest BCUT2D eigenvalue weighted by molar-refractivity contribution is 5.05. The summed E-state index contributed by atoms with van der Waals surface area (Å²) in [6.07, 6.45) is 11.3. The Hall–Kier alpha value is -0.830. The largest absolute Gasteiger partial charge is 0.323 e. The zero-order valence-electron chi connectivity index (χ0n) is 10.2. The Morgan fingerprint density at radius 2 is 2.19 bits per heavy atom. The lowest BCUT2D eigenvalue weighted by molar-refractivity contribution is 0.322. The van der Waals surface area contributed by atoms with Crippen molar-refractivity contribution < 1.29 is 0 Å². The molecular weight excluding hydrogens is 198 g/mol. The molecule has 1 saturated carbocycles. The van der Waals surface area contributed by atoms with E-state index in [1.165, 1.54) is 38.5 Å². The van der Waals surface area contributed by atoms with Crippen molar-refractivity contribution in [2.24, 2.45) is 18.7 Å². The summed E-state index contributed by atoms with van der Waals surface area (Å²) in [4.78, 5) is 0. The topological polar surface area (TPSA) is 43.8 Å². The molecule has 2 N–H and O–H groups in total. The highest BCUT2D eigenvalue weighted by Crippen LogP contribution is 2.29. The van der Waals surface area contributed by atoms with E-state index in [1.54, 1.807) is 0 Å². The van der Waals surface area contributed by atoms with Crippen LogP contribution in [0.3, 0.4) is 0 Å². The van der Waals surface area contributed by atoms with Gasteiger partial charge in [0.2, 0.25) is 0 Å². The Morgan fingerprint density at radius 3 is 2.81 bits per heavy atom. The summed E-state index contributed by atoms with van der Waals surface area (Å²) >= 11 is 0. The molecule has 1 unspecified atom stereocenters. The van der Waals surface area contributed by atoms with E-state index in [2.05, 4.69) is 5.10 Å². The average Bonchev–Trinajstić information content (AvgIpc) is 2.74. The lowest BCUT2D eigenvalue weighted by Crippen LogP contribution is -2.16. The van der Waals surface area contributed by atoms with E-state index in [9.17, 15) is 0 Å². The standard InChI is InChI=1S/C13H23N3/c1-16-13(9-10-15-16)12(14)8-7-11-5-3-2-4-6-11/h9-12H,2-8,14H2,1H3. The average molecular weight is 221 g/mol. The molecule has 3 nitrogen and oxygen atoms in total. The van der Waals surface area contributed by atoms with Crippen LogP contribution in [0, 0.1) is 5.92 Å². The number of nitrogens with two attached hydrogens (primary N) is 1. The van der Waals surface area contributed by atoms with Gasteiger partial charge in [0.25, 0.3) is 0 Å². The van der Waals surface area contributed by atoms with Crippen molar-refractivity contribution in [2.45, 2.75) is 51.0 Å². The smallest absolute Gasteiger partial charge is 0.0548 e. The first kappa shape index (κ1) is 11.6. The molecule has 3 heteroatoms. The molecule has 0 saturated heterocycles. The van der Waals surface area contributed by atoms with Crippen LogP contribution in [0.15, 0.2) is 12.3 Å². The van der Waals surface area contributed by atoms with Crippen molar-refractivity contribution in [3.63, 3.8) is 0 Å². The predicted octanol–water partition coefficient (Wildman–Crippen LogP) is 2.78. The maximum atomic E-state index is 6.20. The van der Waals surface area contributed by atoms with Gasteiger partial charge in [0.05, 0.1) is 5.69 Å². The first-order valence-corrected chi connectivity index (χ1v) is 6.51. The van der Waals surface area contributed by atoms with Crippen LogP contribution in [0.2, 0.25) is 0 Å². The van der Waals surface area contributed by atoms with Crippen LogP contribution in [0.25, 0.3) is 0 Å². The molecule has 1 fully saturated rings. The Labute approximate surface area is 98.0 Å². The van der Waals surface area contributed by atoms with Gasteiger partial charge < -0.3 is 5.73 Å². The SMILES string of the molecule is Cn1nccc1C(N)CCC1CCCCC1. The van der Waals surface area contributed by atoms with Crippen molar-refractivity contribution in [3.05, 3.63) is 18.0 Å². The third kappa shape index (κ3) is 2.85. The van der Waals surface area contributed by atoms with Crippen LogP contribution in [0.5, 0.6) is 0 Å². The highest BCUT2D eigenvalue weighted by atomic mass is 15.3. The highest BCUT2D eigenvalue weighted by Gasteiger charge is 2.16. The van der Waals surface area contributed by atoms with Crippen molar-refractivity contribution >= 4 is 0 Å². The lowest BCUT2D eigenvalue weighted by Gasteiger charge is -2.22. The van der Waals surface area contributed by atoms with Crippen LogP contribution < -0.4 is 5.73 Å². The summed E-state index contributed by atoms with van der Waals surface area (Å²) < 4.78 is 1.89. The number of rotatable bonds is 4. The molecule has 16 heavy (non-hydrogen) atoms. The molecule has 0 amide bonds. The fraction of sp³-hybridized carbons (Fsp3) is 0.769. The maximum absolute atomic E-state index is 6.20. The minimum absolute atomic E-state index is 0.162. The van der Waals surface area contributed by atoms with Gasteiger partial charge >= 0.3 is 0 Å². The van der Waals surface area contributed by atoms with Gasteiger partial charge in [-0.1, -0.05) is 32.1 Å². The molecule has 0 radical (unpaired) electrons. The lowest BCUT2D eigenvalue weighted by atomic mass is 9.85. The molecule has 0 aromatic carbocycles. The minimum atomic E-state index is 0.162. The number of hydrogen-bond donors (Lipinski definition) is 1. The molecule has 0 bridgehead atoms. The van der Waals surface area contributed by atoms with Gasteiger partial charge in [0, 0.05) is 19.3 Å². The van der Waals surface area contributed by atoms with Crippen LogP contribution in [0.1, 0.15) is 56.7 Å². The molecule has 1 aliphatic rings. The van der Waals surface area contributed by atoms with E-state index in [1.807, 2.05) is 24.0 Å². The number of nitrogens with zero attached hydrogens (tertiary/aromatic N) is 2. The molecule has 1 atom stereocenters. The number of aromatic nitrogens is 2. The first-order chi connectivity index (χ1) is 7.77. The van der Waals surface area contributed by atoms with E-state index in [-0.39, 0.29) is 6.04 Å². The molecular formula is C13H23N3. The Balaban J connectivity index is 1.79. The molecule has 1 aromatic heterocycles. The fourth-order valence-electron chi connectivity index (χ4n) is 2.79. The van der Waals surface area contributed by atoms with Crippen LogP contribution >= 0.6 is 0 Å². The summed E-state index contributed by atoms with van der Waals surface area (Å²) in [6.45, 7) is 0. The summed E-state index contributed by atoms with van der Waals surface area (Å²) in [6, 6.07) is 2.19. The third-order valence-electron chi connectivity index (χ3n) is 3.85. The normalized spacial score (nSPS) is 19.9. The molecule has 90 valence electrons. The Bertz CT molecular complexity index is 313. The Kier molecular flexibility index (Phi) is 3.99. The van der Waals surface area contributed by atoms with Gasteiger partial charge in [0.1, 0.15) is 0 Å². The zero-order chi connectivity index (χ0) is 11.4. The van der Waals surface area contributed by atoms with Gasteiger partial charge in [-0.3, -0.25) is 4.68 Å². The second-order valence-corrected chi connectivity index (χ2v) is 5.07. The van der Waals surface area contributed by atoms with Crippen molar-refractivity contribution in [2.75, 3.05) is 0 Å². The molecule has 1 aromatic rings. The summed E-state index contributed by atoms with van der Waals surface area (Å²) in [5, 5.41) is 4.17. The quantitative estimate of drug-likeness (QED) is 0.849. The van der Waals surface area contributed by atoms with E-state index >= 15 is 0 Å². The predicted molar refractivity (Wildman–Crippen MR) is 65.9 cm³/mol. The Morgan fingerprint density at radius 1 is 1.44 bits per heavy atom. The van der Waals surface area contributed by atoms with E-state index in [4.69, 9.17) is 5.73 Å². The van der Waals surface area contributed by atoms with E-state index < -0.39 is 0 Å². The van der Waals surface area contributed by atoms with Gasteiger partial charge in [-0.25, -0.2) is 0 Å². The fourth-order valence-corrected chi connectivity index (χ4v) is 2.79. The monoisotopic (exact) mass is 221 g/mol. The van der Waals surface area contributed by atoms with E-state index in [0.717, 1.165) is 18.0 Å². The number of aryl methyl sites for hydroxylation is 1. The van der Waals surface area contributed by atoms with E-state index in [0.29, 0.717) is 0 Å².